The smallest absolute Gasteiger partial charge is 0.309 e. The molecule has 6 atom stereocenters. The monoisotopic (exact) mass is 504 g/mol. The Morgan fingerprint density at radius 1 is 0.758 bits per heavy atom. The molecule has 0 bridgehead atoms. The molecule has 194 valence electrons. The van der Waals surface area contributed by atoms with Crippen molar-refractivity contribution >= 4 is 27.6 Å². The van der Waals surface area contributed by atoms with Crippen molar-refractivity contribution in [3.63, 3.8) is 0 Å². The summed E-state index contributed by atoms with van der Waals surface area (Å²) < 4.78 is 26.4. The van der Waals surface area contributed by atoms with Crippen LogP contribution < -0.4 is 0 Å². The predicted octanol–water partition coefficient (Wildman–Crippen LogP) is 5.58. The number of aliphatic hydroxyl groups is 1. The molecule has 7 heteroatoms. The molecular formula is C26H48O5S2. The van der Waals surface area contributed by atoms with E-state index in [1.807, 2.05) is 0 Å². The minimum absolute atomic E-state index is 0.0550. The molecule has 0 aromatic rings. The zero-order valence-electron chi connectivity index (χ0n) is 21.4. The lowest BCUT2D eigenvalue weighted by Crippen LogP contribution is -2.35. The first-order valence-corrected chi connectivity index (χ1v) is 15.6. The van der Waals surface area contributed by atoms with Crippen LogP contribution in [-0.2, 0) is 26.4 Å². The van der Waals surface area contributed by atoms with Gasteiger partial charge in [-0.25, -0.2) is 0 Å². The standard InChI is InChI=1S/C26H48O5S2/c1-25(2,19-27)17-7-13-20-9-5-11-22(32(20)30)15-16-23-12-6-10-21(33(23)31)14-8-18-26(3,4)24(28)29/h20-23,27H,5-19H2,1-4H3,(H,28,29). The maximum absolute atomic E-state index is 13.2. The van der Waals surface area contributed by atoms with Crippen LogP contribution in [0.4, 0.5) is 0 Å². The molecule has 0 spiro atoms. The van der Waals surface area contributed by atoms with Gasteiger partial charge in [-0.05, 0) is 83.5 Å². The quantitative estimate of drug-likeness (QED) is 0.342. The lowest BCUT2D eigenvalue weighted by Gasteiger charge is -2.33. The summed E-state index contributed by atoms with van der Waals surface area (Å²) in [6, 6.07) is 0. The van der Waals surface area contributed by atoms with E-state index in [1.54, 1.807) is 13.8 Å². The lowest BCUT2D eigenvalue weighted by molar-refractivity contribution is -0.147. The van der Waals surface area contributed by atoms with Crippen molar-refractivity contribution in [3.8, 4) is 0 Å². The van der Waals surface area contributed by atoms with Gasteiger partial charge in [0.1, 0.15) is 0 Å². The van der Waals surface area contributed by atoms with Gasteiger partial charge >= 0.3 is 5.97 Å². The van der Waals surface area contributed by atoms with E-state index in [-0.39, 0.29) is 33.0 Å². The molecule has 6 unspecified atom stereocenters. The van der Waals surface area contributed by atoms with Crippen LogP contribution in [0.1, 0.15) is 118 Å². The molecule has 33 heavy (non-hydrogen) atoms. The minimum Gasteiger partial charge on any atom is -0.481 e. The van der Waals surface area contributed by atoms with Gasteiger partial charge in [0.15, 0.2) is 0 Å². The van der Waals surface area contributed by atoms with Crippen molar-refractivity contribution in [2.24, 2.45) is 10.8 Å². The van der Waals surface area contributed by atoms with Gasteiger partial charge in [-0.2, -0.15) is 0 Å². The summed E-state index contributed by atoms with van der Waals surface area (Å²) in [7, 11) is -1.67. The van der Waals surface area contributed by atoms with Gasteiger partial charge in [0.05, 0.1) is 5.41 Å². The largest absolute Gasteiger partial charge is 0.481 e. The zero-order valence-corrected chi connectivity index (χ0v) is 23.0. The summed E-state index contributed by atoms with van der Waals surface area (Å²) in [5, 5.41) is 19.7. The maximum Gasteiger partial charge on any atom is 0.309 e. The number of rotatable bonds is 13. The van der Waals surface area contributed by atoms with Gasteiger partial charge < -0.3 is 10.2 Å². The molecule has 2 heterocycles. The van der Waals surface area contributed by atoms with Gasteiger partial charge in [0.2, 0.25) is 0 Å². The summed E-state index contributed by atoms with van der Waals surface area (Å²) in [6.45, 7) is 7.89. The molecule has 5 nitrogen and oxygen atoms in total. The summed E-state index contributed by atoms with van der Waals surface area (Å²) in [5.41, 5.74) is -0.772. The number of carboxylic acids is 1. The van der Waals surface area contributed by atoms with E-state index in [4.69, 9.17) is 0 Å². The normalized spacial score (nSPS) is 31.4. The first-order chi connectivity index (χ1) is 15.5. The van der Waals surface area contributed by atoms with Crippen LogP contribution in [-0.4, -0.2) is 52.2 Å². The fourth-order valence-corrected chi connectivity index (χ4v) is 9.55. The molecule has 0 saturated carbocycles. The van der Waals surface area contributed by atoms with E-state index < -0.39 is 33.0 Å². The van der Waals surface area contributed by atoms with Crippen LogP contribution in [0, 0.1) is 10.8 Å². The molecule has 0 aromatic heterocycles. The van der Waals surface area contributed by atoms with E-state index in [0.29, 0.717) is 6.42 Å². The highest BCUT2D eigenvalue weighted by Crippen LogP contribution is 2.34. The van der Waals surface area contributed by atoms with Crippen molar-refractivity contribution in [3.05, 3.63) is 0 Å². The van der Waals surface area contributed by atoms with Crippen LogP contribution in [0.25, 0.3) is 0 Å². The van der Waals surface area contributed by atoms with E-state index in [1.165, 1.54) is 0 Å². The molecule has 0 radical (unpaired) electrons. The third-order valence-corrected chi connectivity index (χ3v) is 12.5. The third-order valence-electron chi connectivity index (χ3n) is 7.94. The highest BCUT2D eigenvalue weighted by Gasteiger charge is 2.34. The van der Waals surface area contributed by atoms with Gasteiger partial charge in [0.25, 0.3) is 0 Å². The minimum atomic E-state index is -0.865. The number of aliphatic carboxylic acids is 1. The van der Waals surface area contributed by atoms with Crippen LogP contribution in [0.5, 0.6) is 0 Å². The molecular weight excluding hydrogens is 456 g/mol. The first-order valence-electron chi connectivity index (χ1n) is 13.1. The number of hydrogen-bond donors (Lipinski definition) is 2. The predicted molar refractivity (Wildman–Crippen MR) is 138 cm³/mol. The number of aliphatic hydroxyl groups excluding tert-OH is 1. The molecule has 0 aromatic carbocycles. The van der Waals surface area contributed by atoms with E-state index in [0.717, 1.165) is 83.5 Å². The molecule has 2 fully saturated rings. The zero-order chi connectivity index (χ0) is 24.6. The number of carbonyl (C=O) groups is 1. The van der Waals surface area contributed by atoms with Gasteiger partial charge in [-0.3, -0.25) is 13.2 Å². The van der Waals surface area contributed by atoms with Gasteiger partial charge in [0, 0.05) is 49.2 Å². The van der Waals surface area contributed by atoms with Crippen molar-refractivity contribution in [2.45, 2.75) is 139 Å². The summed E-state index contributed by atoms with van der Waals surface area (Å²) in [5.74, 6) is -0.763. The van der Waals surface area contributed by atoms with Crippen molar-refractivity contribution in [1.82, 2.24) is 0 Å². The Labute approximate surface area is 206 Å². The lowest BCUT2D eigenvalue weighted by atomic mass is 9.87. The third kappa shape index (κ3) is 9.03. The molecule has 0 amide bonds. The van der Waals surface area contributed by atoms with Crippen molar-refractivity contribution < 1.29 is 23.4 Å². The summed E-state index contributed by atoms with van der Waals surface area (Å²) in [4.78, 5) is 11.3. The fourth-order valence-electron chi connectivity index (χ4n) is 5.34. The summed E-state index contributed by atoms with van der Waals surface area (Å²) >= 11 is 0. The average Bonchev–Trinajstić information content (AvgIpc) is 2.75. The molecule has 2 aliphatic heterocycles. The Balaban J connectivity index is 1.78. The first kappa shape index (κ1) is 29.0. The second-order valence-electron chi connectivity index (χ2n) is 11.9. The van der Waals surface area contributed by atoms with Crippen LogP contribution in [0.3, 0.4) is 0 Å². The Morgan fingerprint density at radius 3 is 1.55 bits per heavy atom. The highest BCUT2D eigenvalue weighted by atomic mass is 32.2. The molecule has 2 saturated heterocycles. The Kier molecular flexibility index (Phi) is 11.5. The highest BCUT2D eigenvalue weighted by molar-refractivity contribution is 7.86. The fraction of sp³-hybridized carbons (Fsp3) is 0.962. The van der Waals surface area contributed by atoms with Gasteiger partial charge in [-0.1, -0.05) is 39.5 Å². The van der Waals surface area contributed by atoms with E-state index in [2.05, 4.69) is 13.8 Å². The van der Waals surface area contributed by atoms with E-state index >= 15 is 0 Å². The van der Waals surface area contributed by atoms with Crippen LogP contribution >= 0.6 is 0 Å². The number of hydrogen-bond acceptors (Lipinski definition) is 4. The average molecular weight is 505 g/mol. The van der Waals surface area contributed by atoms with Crippen molar-refractivity contribution in [2.75, 3.05) is 6.61 Å². The SMILES string of the molecule is CC(C)(CO)CCCC1CCCC(CCC2CCCC(CCCC(C)(C)C(=O)O)S2=O)S1=O. The second kappa shape index (κ2) is 13.2. The molecule has 2 rings (SSSR count). The second-order valence-corrected chi connectivity index (χ2v) is 15.9. The molecule has 2 aliphatic rings. The van der Waals surface area contributed by atoms with E-state index in [9.17, 15) is 23.4 Å². The van der Waals surface area contributed by atoms with Crippen LogP contribution in [0.2, 0.25) is 0 Å². The van der Waals surface area contributed by atoms with Crippen molar-refractivity contribution in [1.29, 1.82) is 0 Å². The Bertz CT molecular complexity index is 676. The molecule has 2 N–H and O–H groups in total. The van der Waals surface area contributed by atoms with Gasteiger partial charge in [-0.15, -0.1) is 0 Å². The van der Waals surface area contributed by atoms with Crippen LogP contribution in [0.15, 0.2) is 0 Å². The summed E-state index contributed by atoms with van der Waals surface area (Å²) in [6.07, 6.45) is 13.4. The Morgan fingerprint density at radius 2 is 1.15 bits per heavy atom. The Hall–Kier alpha value is -0.270. The topological polar surface area (TPSA) is 91.7 Å². The number of carboxylic acid groups (broad SMARTS) is 1. The molecule has 0 aliphatic carbocycles. The maximum atomic E-state index is 13.2.